The Kier molecular flexibility index (Phi) is 5.04. The Bertz CT molecular complexity index is 1180. The highest BCUT2D eigenvalue weighted by Crippen LogP contribution is 2.27. The highest BCUT2D eigenvalue weighted by atomic mass is 32.1. The standard InChI is InChI=1S/C22H18N2O3S/c1-15-18-20(23-14-24(21(18)25)12-16-8-4-2-5-9-16)28-19(15)22(26)27-13-17-10-6-3-7-11-17/h2-11,14H,12-13H2,1H3. The Morgan fingerprint density at radius 3 is 2.36 bits per heavy atom. The van der Waals surface area contributed by atoms with Gasteiger partial charge in [0.2, 0.25) is 0 Å². The van der Waals surface area contributed by atoms with Gasteiger partial charge in [-0.1, -0.05) is 60.7 Å². The van der Waals surface area contributed by atoms with Crippen LogP contribution in [0.3, 0.4) is 0 Å². The third kappa shape index (κ3) is 3.59. The van der Waals surface area contributed by atoms with Crippen LogP contribution in [-0.2, 0) is 17.9 Å². The second kappa shape index (κ2) is 7.78. The van der Waals surface area contributed by atoms with Gasteiger partial charge in [0, 0.05) is 0 Å². The van der Waals surface area contributed by atoms with Crippen molar-refractivity contribution < 1.29 is 9.53 Å². The van der Waals surface area contributed by atoms with Gasteiger partial charge in [0.05, 0.1) is 18.3 Å². The van der Waals surface area contributed by atoms with Crippen LogP contribution in [0.1, 0.15) is 26.4 Å². The van der Waals surface area contributed by atoms with Gasteiger partial charge in [0.15, 0.2) is 0 Å². The molecule has 28 heavy (non-hydrogen) atoms. The molecule has 2 aromatic heterocycles. The molecule has 0 bridgehead atoms. The zero-order chi connectivity index (χ0) is 19.5. The fourth-order valence-electron chi connectivity index (χ4n) is 3.04. The van der Waals surface area contributed by atoms with Crippen molar-refractivity contribution in [1.29, 1.82) is 0 Å². The first-order chi connectivity index (χ1) is 13.6. The van der Waals surface area contributed by atoms with Crippen LogP contribution in [0.25, 0.3) is 10.2 Å². The molecule has 0 unspecified atom stereocenters. The highest BCUT2D eigenvalue weighted by Gasteiger charge is 2.20. The smallest absolute Gasteiger partial charge is 0.349 e. The number of aromatic nitrogens is 2. The molecule has 0 aliphatic heterocycles. The third-order valence-corrected chi connectivity index (χ3v) is 5.69. The number of rotatable bonds is 5. The summed E-state index contributed by atoms with van der Waals surface area (Å²) in [5.41, 5.74) is 2.40. The van der Waals surface area contributed by atoms with Crippen molar-refractivity contribution >= 4 is 27.5 Å². The van der Waals surface area contributed by atoms with Crippen molar-refractivity contribution in [3.63, 3.8) is 0 Å². The maximum Gasteiger partial charge on any atom is 0.349 e. The second-order valence-corrected chi connectivity index (χ2v) is 7.46. The van der Waals surface area contributed by atoms with Gasteiger partial charge >= 0.3 is 5.97 Å². The number of carbonyl (C=O) groups is 1. The van der Waals surface area contributed by atoms with Crippen molar-refractivity contribution in [2.75, 3.05) is 0 Å². The van der Waals surface area contributed by atoms with E-state index in [1.165, 1.54) is 17.7 Å². The maximum atomic E-state index is 12.9. The van der Waals surface area contributed by atoms with E-state index in [-0.39, 0.29) is 12.2 Å². The lowest BCUT2D eigenvalue weighted by molar-refractivity contribution is 0.0478. The minimum Gasteiger partial charge on any atom is -0.457 e. The van der Waals surface area contributed by atoms with Crippen LogP contribution in [0.2, 0.25) is 0 Å². The lowest BCUT2D eigenvalue weighted by atomic mass is 10.2. The van der Waals surface area contributed by atoms with E-state index in [0.29, 0.717) is 27.2 Å². The molecule has 0 aliphatic carbocycles. The summed E-state index contributed by atoms with van der Waals surface area (Å²) in [6.45, 7) is 2.40. The number of carbonyl (C=O) groups excluding carboxylic acids is 1. The number of hydrogen-bond donors (Lipinski definition) is 0. The lowest BCUT2D eigenvalue weighted by Crippen LogP contribution is -2.21. The van der Waals surface area contributed by atoms with E-state index in [0.717, 1.165) is 11.1 Å². The topological polar surface area (TPSA) is 61.2 Å². The minimum absolute atomic E-state index is 0.148. The normalized spacial score (nSPS) is 10.9. The molecule has 5 nitrogen and oxygen atoms in total. The van der Waals surface area contributed by atoms with Crippen LogP contribution in [0.4, 0.5) is 0 Å². The van der Waals surface area contributed by atoms with Gasteiger partial charge in [-0.25, -0.2) is 9.78 Å². The van der Waals surface area contributed by atoms with E-state index < -0.39 is 5.97 Å². The predicted molar refractivity (Wildman–Crippen MR) is 110 cm³/mol. The van der Waals surface area contributed by atoms with Gasteiger partial charge in [-0.05, 0) is 23.6 Å². The average molecular weight is 390 g/mol. The minimum atomic E-state index is -0.432. The largest absolute Gasteiger partial charge is 0.457 e. The molecule has 0 saturated heterocycles. The molecule has 140 valence electrons. The number of nitrogens with zero attached hydrogens (tertiary/aromatic N) is 2. The third-order valence-electron chi connectivity index (χ3n) is 4.51. The lowest BCUT2D eigenvalue weighted by Gasteiger charge is -2.05. The molecule has 0 aliphatic rings. The number of esters is 1. The van der Waals surface area contributed by atoms with Crippen LogP contribution >= 0.6 is 11.3 Å². The maximum absolute atomic E-state index is 12.9. The zero-order valence-corrected chi connectivity index (χ0v) is 16.1. The van der Waals surface area contributed by atoms with Gasteiger partial charge in [0.1, 0.15) is 16.3 Å². The van der Waals surface area contributed by atoms with Gasteiger partial charge in [0.25, 0.3) is 5.56 Å². The molecular weight excluding hydrogens is 372 g/mol. The number of fused-ring (bicyclic) bond motifs is 1. The Labute approximate surface area is 165 Å². The van der Waals surface area contributed by atoms with Crippen LogP contribution in [0, 0.1) is 6.92 Å². The van der Waals surface area contributed by atoms with Crippen molar-refractivity contribution in [3.05, 3.63) is 98.9 Å². The number of ether oxygens (including phenoxy) is 1. The fraction of sp³-hybridized carbons (Fsp3) is 0.136. The molecule has 4 rings (SSSR count). The van der Waals surface area contributed by atoms with Crippen LogP contribution in [0.15, 0.2) is 71.8 Å². The molecule has 0 amide bonds. The number of thiophene rings is 1. The first-order valence-electron chi connectivity index (χ1n) is 8.87. The second-order valence-electron chi connectivity index (χ2n) is 6.46. The summed E-state index contributed by atoms with van der Waals surface area (Å²) in [7, 11) is 0. The van der Waals surface area contributed by atoms with Crippen molar-refractivity contribution in [1.82, 2.24) is 9.55 Å². The van der Waals surface area contributed by atoms with Crippen molar-refractivity contribution in [3.8, 4) is 0 Å². The van der Waals surface area contributed by atoms with Crippen LogP contribution < -0.4 is 5.56 Å². The molecule has 0 saturated carbocycles. The molecule has 0 fully saturated rings. The Balaban J connectivity index is 1.62. The Morgan fingerprint density at radius 1 is 1.04 bits per heavy atom. The average Bonchev–Trinajstić information content (AvgIpc) is 3.07. The molecule has 4 aromatic rings. The van der Waals surface area contributed by atoms with E-state index in [9.17, 15) is 9.59 Å². The fourth-order valence-corrected chi connectivity index (χ4v) is 4.07. The van der Waals surface area contributed by atoms with Crippen LogP contribution in [0.5, 0.6) is 0 Å². The Morgan fingerprint density at radius 2 is 1.68 bits per heavy atom. The van der Waals surface area contributed by atoms with E-state index in [1.54, 1.807) is 11.5 Å². The first-order valence-corrected chi connectivity index (χ1v) is 9.68. The molecule has 0 atom stereocenters. The summed E-state index contributed by atoms with van der Waals surface area (Å²) in [4.78, 5) is 30.9. The zero-order valence-electron chi connectivity index (χ0n) is 15.3. The first kappa shape index (κ1) is 18.1. The Hall–Kier alpha value is -3.25. The van der Waals surface area contributed by atoms with Gasteiger partial charge in [-0.2, -0.15) is 0 Å². The van der Waals surface area contributed by atoms with Gasteiger partial charge in [-0.3, -0.25) is 9.36 Å². The van der Waals surface area contributed by atoms with Crippen LogP contribution in [-0.4, -0.2) is 15.5 Å². The SMILES string of the molecule is Cc1c(C(=O)OCc2ccccc2)sc2ncn(Cc3ccccc3)c(=O)c12. The van der Waals surface area contributed by atoms with Gasteiger partial charge in [-0.15, -0.1) is 11.3 Å². The summed E-state index contributed by atoms with van der Waals surface area (Å²) >= 11 is 1.20. The summed E-state index contributed by atoms with van der Waals surface area (Å²) in [6, 6.07) is 19.2. The summed E-state index contributed by atoms with van der Waals surface area (Å²) in [5.74, 6) is -0.432. The summed E-state index contributed by atoms with van der Waals surface area (Å²) < 4.78 is 6.99. The highest BCUT2D eigenvalue weighted by molar-refractivity contribution is 7.20. The van der Waals surface area contributed by atoms with Crippen molar-refractivity contribution in [2.45, 2.75) is 20.1 Å². The van der Waals surface area contributed by atoms with Gasteiger partial charge < -0.3 is 4.74 Å². The molecule has 6 heteroatoms. The number of benzene rings is 2. The molecule has 0 radical (unpaired) electrons. The monoisotopic (exact) mass is 390 g/mol. The summed E-state index contributed by atoms with van der Waals surface area (Å²) in [5, 5.41) is 0.482. The number of hydrogen-bond acceptors (Lipinski definition) is 5. The number of aryl methyl sites for hydroxylation is 1. The molecule has 2 aromatic carbocycles. The molecular formula is C22H18N2O3S. The molecule has 0 spiro atoms. The quantitative estimate of drug-likeness (QED) is 0.480. The van der Waals surface area contributed by atoms with E-state index >= 15 is 0 Å². The molecule has 2 heterocycles. The van der Waals surface area contributed by atoms with E-state index in [1.807, 2.05) is 60.7 Å². The molecule has 0 N–H and O–H groups in total. The van der Waals surface area contributed by atoms with E-state index in [4.69, 9.17) is 4.74 Å². The predicted octanol–water partition coefficient (Wildman–Crippen LogP) is 4.17. The van der Waals surface area contributed by atoms with E-state index in [2.05, 4.69) is 4.98 Å². The summed E-state index contributed by atoms with van der Waals surface area (Å²) in [6.07, 6.45) is 1.53. The van der Waals surface area contributed by atoms with Crippen molar-refractivity contribution in [2.24, 2.45) is 0 Å².